The quantitative estimate of drug-likeness (QED) is 0.621. The van der Waals surface area contributed by atoms with Crippen molar-refractivity contribution in [1.29, 1.82) is 0 Å². The molecular weight excluding hydrogens is 322 g/mol. The van der Waals surface area contributed by atoms with Gasteiger partial charge in [-0.2, -0.15) is 0 Å². The van der Waals surface area contributed by atoms with Crippen LogP contribution in [0.4, 0.5) is 0 Å². The molecule has 0 atom stereocenters. The Kier molecular flexibility index (Phi) is 6.96. The summed E-state index contributed by atoms with van der Waals surface area (Å²) >= 11 is 0. The van der Waals surface area contributed by atoms with Gasteiger partial charge in [-0.25, -0.2) is 0 Å². The summed E-state index contributed by atoms with van der Waals surface area (Å²) in [4.78, 5) is 0. The van der Waals surface area contributed by atoms with Crippen LogP contribution in [0.1, 0.15) is 56.6 Å². The molecule has 0 aromatic heterocycles. The fourth-order valence-electron chi connectivity index (χ4n) is 3.60. The average molecular weight is 354 g/mol. The van der Waals surface area contributed by atoms with Crippen LogP contribution in [0.25, 0.3) is 0 Å². The van der Waals surface area contributed by atoms with Crippen LogP contribution in [0.15, 0.2) is 48.5 Å². The van der Waals surface area contributed by atoms with E-state index in [1.807, 2.05) is 38.1 Å². The standard InChI is InChI=1S/C23H31NO2/c1-18(2)26-23-13-6-5-12-22(23)25-15-14-24-17-19-8-7-11-21(16-19)20-9-3-4-10-20/h5-8,11-13,16,18,20,24H,3-4,9-10,14-15,17H2,1-2H3. The first-order valence-electron chi connectivity index (χ1n) is 9.90. The highest BCUT2D eigenvalue weighted by molar-refractivity contribution is 5.39. The van der Waals surface area contributed by atoms with E-state index in [4.69, 9.17) is 9.47 Å². The molecule has 3 rings (SSSR count). The zero-order valence-electron chi connectivity index (χ0n) is 16.0. The van der Waals surface area contributed by atoms with Crippen molar-refractivity contribution in [3.63, 3.8) is 0 Å². The van der Waals surface area contributed by atoms with Gasteiger partial charge in [-0.1, -0.05) is 49.2 Å². The highest BCUT2D eigenvalue weighted by Crippen LogP contribution is 2.34. The lowest BCUT2D eigenvalue weighted by molar-refractivity contribution is 0.221. The fraction of sp³-hybridized carbons (Fsp3) is 0.478. The lowest BCUT2D eigenvalue weighted by atomic mass is 9.96. The second-order valence-corrected chi connectivity index (χ2v) is 7.36. The second kappa shape index (κ2) is 9.63. The predicted molar refractivity (Wildman–Crippen MR) is 107 cm³/mol. The van der Waals surface area contributed by atoms with E-state index in [1.165, 1.54) is 36.8 Å². The van der Waals surface area contributed by atoms with Gasteiger partial charge in [0, 0.05) is 13.1 Å². The molecule has 1 saturated carbocycles. The number of benzene rings is 2. The molecule has 1 aliphatic rings. The third-order valence-electron chi connectivity index (χ3n) is 4.85. The van der Waals surface area contributed by atoms with Gasteiger partial charge in [0.1, 0.15) is 6.61 Å². The number of hydrogen-bond donors (Lipinski definition) is 1. The molecular formula is C23H31NO2. The molecule has 1 aliphatic carbocycles. The molecule has 0 heterocycles. The first kappa shape index (κ1) is 18.8. The smallest absolute Gasteiger partial charge is 0.161 e. The van der Waals surface area contributed by atoms with E-state index in [-0.39, 0.29) is 6.10 Å². The maximum absolute atomic E-state index is 5.89. The van der Waals surface area contributed by atoms with Crippen LogP contribution < -0.4 is 14.8 Å². The maximum atomic E-state index is 5.89. The molecule has 0 bridgehead atoms. The van der Waals surface area contributed by atoms with Crippen molar-refractivity contribution >= 4 is 0 Å². The van der Waals surface area contributed by atoms with Crippen LogP contribution in [0.2, 0.25) is 0 Å². The molecule has 1 fully saturated rings. The molecule has 3 heteroatoms. The Bertz CT molecular complexity index is 677. The van der Waals surface area contributed by atoms with E-state index in [2.05, 4.69) is 29.6 Å². The first-order valence-corrected chi connectivity index (χ1v) is 9.90. The van der Waals surface area contributed by atoms with Gasteiger partial charge < -0.3 is 14.8 Å². The molecule has 140 valence electrons. The molecule has 0 spiro atoms. The molecule has 2 aromatic rings. The van der Waals surface area contributed by atoms with Crippen LogP contribution in [0.5, 0.6) is 11.5 Å². The van der Waals surface area contributed by atoms with Crippen LogP contribution in [-0.4, -0.2) is 19.3 Å². The lowest BCUT2D eigenvalue weighted by Crippen LogP contribution is -2.21. The summed E-state index contributed by atoms with van der Waals surface area (Å²) in [6, 6.07) is 16.9. The van der Waals surface area contributed by atoms with Gasteiger partial charge in [0.05, 0.1) is 6.10 Å². The molecule has 3 nitrogen and oxygen atoms in total. The van der Waals surface area contributed by atoms with Gasteiger partial charge in [-0.3, -0.25) is 0 Å². The summed E-state index contributed by atoms with van der Waals surface area (Å²) < 4.78 is 11.7. The van der Waals surface area contributed by atoms with Gasteiger partial charge in [-0.15, -0.1) is 0 Å². The van der Waals surface area contributed by atoms with Crippen LogP contribution in [0.3, 0.4) is 0 Å². The number of ether oxygens (including phenoxy) is 2. The number of hydrogen-bond acceptors (Lipinski definition) is 3. The Balaban J connectivity index is 1.43. The maximum Gasteiger partial charge on any atom is 0.161 e. The molecule has 0 aliphatic heterocycles. The summed E-state index contributed by atoms with van der Waals surface area (Å²) in [5.41, 5.74) is 2.87. The van der Waals surface area contributed by atoms with Gasteiger partial charge in [0.2, 0.25) is 0 Å². The van der Waals surface area contributed by atoms with Crippen LogP contribution in [0, 0.1) is 0 Å². The second-order valence-electron chi connectivity index (χ2n) is 7.36. The average Bonchev–Trinajstić information content (AvgIpc) is 3.17. The number of para-hydroxylation sites is 2. The van der Waals surface area contributed by atoms with Crippen molar-refractivity contribution in [3.05, 3.63) is 59.7 Å². The number of rotatable bonds is 9. The summed E-state index contributed by atoms with van der Waals surface area (Å²) in [6.07, 6.45) is 5.61. The van der Waals surface area contributed by atoms with E-state index in [0.717, 1.165) is 30.5 Å². The zero-order valence-corrected chi connectivity index (χ0v) is 16.0. The van der Waals surface area contributed by atoms with Crippen molar-refractivity contribution in [2.24, 2.45) is 0 Å². The molecule has 0 unspecified atom stereocenters. The van der Waals surface area contributed by atoms with Crippen molar-refractivity contribution in [2.75, 3.05) is 13.2 Å². The third-order valence-corrected chi connectivity index (χ3v) is 4.85. The van der Waals surface area contributed by atoms with E-state index < -0.39 is 0 Å². The van der Waals surface area contributed by atoms with Gasteiger partial charge in [-0.05, 0) is 55.9 Å². The number of nitrogens with one attached hydrogen (secondary N) is 1. The Morgan fingerprint density at radius 2 is 1.77 bits per heavy atom. The first-order chi connectivity index (χ1) is 12.7. The predicted octanol–water partition coefficient (Wildman–Crippen LogP) is 5.30. The van der Waals surface area contributed by atoms with Crippen LogP contribution in [-0.2, 0) is 6.54 Å². The van der Waals surface area contributed by atoms with E-state index in [9.17, 15) is 0 Å². The van der Waals surface area contributed by atoms with Crippen LogP contribution >= 0.6 is 0 Å². The zero-order chi connectivity index (χ0) is 18.2. The Hall–Kier alpha value is -2.00. The van der Waals surface area contributed by atoms with Crippen molar-refractivity contribution in [3.8, 4) is 11.5 Å². The van der Waals surface area contributed by atoms with Gasteiger partial charge in [0.15, 0.2) is 11.5 Å². The monoisotopic (exact) mass is 353 g/mol. The van der Waals surface area contributed by atoms with Crippen molar-refractivity contribution < 1.29 is 9.47 Å². The van der Waals surface area contributed by atoms with E-state index in [0.29, 0.717) is 6.61 Å². The van der Waals surface area contributed by atoms with E-state index in [1.54, 1.807) is 0 Å². The molecule has 0 saturated heterocycles. The van der Waals surface area contributed by atoms with E-state index >= 15 is 0 Å². The lowest BCUT2D eigenvalue weighted by Gasteiger charge is -2.15. The molecule has 1 N–H and O–H groups in total. The minimum atomic E-state index is 0.144. The van der Waals surface area contributed by atoms with Crippen molar-refractivity contribution in [2.45, 2.75) is 58.1 Å². The van der Waals surface area contributed by atoms with Gasteiger partial charge >= 0.3 is 0 Å². The highest BCUT2D eigenvalue weighted by Gasteiger charge is 2.16. The fourth-order valence-corrected chi connectivity index (χ4v) is 3.60. The summed E-state index contributed by atoms with van der Waals surface area (Å²) in [7, 11) is 0. The largest absolute Gasteiger partial charge is 0.488 e. The summed E-state index contributed by atoms with van der Waals surface area (Å²) in [6.45, 7) is 6.37. The summed E-state index contributed by atoms with van der Waals surface area (Å²) in [5.74, 6) is 2.40. The SMILES string of the molecule is CC(C)Oc1ccccc1OCCNCc1cccc(C2CCCC2)c1. The molecule has 0 amide bonds. The normalized spacial score (nSPS) is 14.7. The summed E-state index contributed by atoms with van der Waals surface area (Å²) in [5, 5.41) is 3.48. The minimum absolute atomic E-state index is 0.144. The third kappa shape index (κ3) is 5.50. The molecule has 26 heavy (non-hydrogen) atoms. The van der Waals surface area contributed by atoms with Crippen molar-refractivity contribution in [1.82, 2.24) is 5.32 Å². The Morgan fingerprint density at radius 1 is 1.00 bits per heavy atom. The molecule has 2 aromatic carbocycles. The molecule has 0 radical (unpaired) electrons. The highest BCUT2D eigenvalue weighted by atomic mass is 16.5. The Morgan fingerprint density at radius 3 is 2.54 bits per heavy atom. The topological polar surface area (TPSA) is 30.5 Å². The minimum Gasteiger partial charge on any atom is -0.488 e. The Labute approximate surface area is 157 Å². The van der Waals surface area contributed by atoms with Gasteiger partial charge in [0.25, 0.3) is 0 Å².